The molecule has 168 valence electrons. The molecule has 0 aromatic heterocycles. The fraction of sp³-hybridized carbons (Fsp3) is 0.652. The molecule has 31 heavy (non-hydrogen) atoms. The number of carbonyl (C=O) groups is 2. The molecular weight excluding hydrogens is 416 g/mol. The Morgan fingerprint density at radius 2 is 1.94 bits per heavy atom. The van der Waals surface area contributed by atoms with Crippen molar-refractivity contribution in [2.75, 3.05) is 44.6 Å². The van der Waals surface area contributed by atoms with Crippen LogP contribution in [-0.4, -0.2) is 72.2 Å². The van der Waals surface area contributed by atoms with E-state index < -0.39 is 5.66 Å². The van der Waals surface area contributed by atoms with Gasteiger partial charge in [0.05, 0.1) is 24.3 Å². The fourth-order valence-electron chi connectivity index (χ4n) is 5.47. The molecule has 2 spiro atoms. The molecule has 2 amide bonds. The van der Waals surface area contributed by atoms with E-state index in [1.165, 1.54) is 12.8 Å². The Bertz CT molecular complexity index is 878. The van der Waals surface area contributed by atoms with Crippen molar-refractivity contribution < 1.29 is 14.3 Å². The van der Waals surface area contributed by atoms with Gasteiger partial charge < -0.3 is 20.3 Å². The van der Waals surface area contributed by atoms with E-state index in [0.29, 0.717) is 43.2 Å². The molecular formula is C23H31ClN4O3. The lowest BCUT2D eigenvalue weighted by Crippen LogP contribution is -2.59. The summed E-state index contributed by atoms with van der Waals surface area (Å²) in [6.45, 7) is 6.69. The van der Waals surface area contributed by atoms with Gasteiger partial charge in [-0.1, -0.05) is 18.5 Å². The van der Waals surface area contributed by atoms with Crippen molar-refractivity contribution in [1.82, 2.24) is 15.1 Å². The molecule has 3 saturated heterocycles. The van der Waals surface area contributed by atoms with E-state index in [9.17, 15) is 9.59 Å². The van der Waals surface area contributed by atoms with Crippen molar-refractivity contribution in [3.63, 3.8) is 0 Å². The summed E-state index contributed by atoms with van der Waals surface area (Å²) in [4.78, 5) is 29.8. The number of rotatable bonds is 2. The van der Waals surface area contributed by atoms with Gasteiger partial charge in [-0.15, -0.1) is 0 Å². The summed E-state index contributed by atoms with van der Waals surface area (Å²) in [6, 6.07) is 5.33. The van der Waals surface area contributed by atoms with Crippen LogP contribution in [-0.2, 0) is 9.53 Å². The van der Waals surface area contributed by atoms with Gasteiger partial charge in [-0.05, 0) is 62.9 Å². The van der Waals surface area contributed by atoms with Crippen molar-refractivity contribution in [2.24, 2.45) is 5.92 Å². The number of carbonyl (C=O) groups excluding carboxylic acids is 2. The lowest BCUT2D eigenvalue weighted by atomic mass is 9.84. The van der Waals surface area contributed by atoms with Crippen molar-refractivity contribution in [2.45, 2.75) is 50.3 Å². The quantitative estimate of drug-likeness (QED) is 0.730. The second-order valence-corrected chi connectivity index (χ2v) is 10.3. The van der Waals surface area contributed by atoms with Gasteiger partial charge in [-0.2, -0.15) is 0 Å². The van der Waals surface area contributed by atoms with E-state index in [0.717, 1.165) is 37.5 Å². The number of fused-ring (bicyclic) bond motifs is 1. The van der Waals surface area contributed by atoms with E-state index in [2.05, 4.69) is 22.5 Å². The highest BCUT2D eigenvalue weighted by Gasteiger charge is 2.53. The monoisotopic (exact) mass is 446 g/mol. The summed E-state index contributed by atoms with van der Waals surface area (Å²) >= 11 is 6.05. The Morgan fingerprint density at radius 1 is 1.19 bits per heavy atom. The number of anilines is 1. The van der Waals surface area contributed by atoms with Crippen LogP contribution >= 0.6 is 11.6 Å². The molecule has 8 heteroatoms. The number of hydrogen-bond acceptors (Lipinski definition) is 5. The maximum Gasteiger partial charge on any atom is 0.255 e. The molecule has 0 aliphatic carbocycles. The molecule has 3 fully saturated rings. The Labute approximate surface area is 188 Å². The lowest BCUT2D eigenvalue weighted by Gasteiger charge is -2.41. The number of halogens is 1. The summed E-state index contributed by atoms with van der Waals surface area (Å²) in [6.07, 6.45) is 4.64. The Morgan fingerprint density at radius 3 is 2.68 bits per heavy atom. The highest BCUT2D eigenvalue weighted by Crippen LogP contribution is 2.43. The molecule has 2 N–H and O–H groups in total. The summed E-state index contributed by atoms with van der Waals surface area (Å²) < 4.78 is 6.30. The predicted octanol–water partition coefficient (Wildman–Crippen LogP) is 2.71. The van der Waals surface area contributed by atoms with Crippen molar-refractivity contribution in [3.05, 3.63) is 28.8 Å². The smallest absolute Gasteiger partial charge is 0.255 e. The molecule has 1 aromatic carbocycles. The molecule has 4 aliphatic rings. The van der Waals surface area contributed by atoms with Crippen molar-refractivity contribution in [3.8, 4) is 0 Å². The Kier molecular flexibility index (Phi) is 5.39. The third-order valence-electron chi connectivity index (χ3n) is 7.46. The van der Waals surface area contributed by atoms with Gasteiger partial charge in [0.1, 0.15) is 5.66 Å². The first-order valence-electron chi connectivity index (χ1n) is 11.4. The minimum absolute atomic E-state index is 0.125. The molecule has 4 aliphatic heterocycles. The van der Waals surface area contributed by atoms with Crippen LogP contribution in [0, 0.1) is 5.92 Å². The summed E-state index contributed by atoms with van der Waals surface area (Å²) in [5.41, 5.74) is 0.444. The van der Waals surface area contributed by atoms with Crippen LogP contribution in [0.3, 0.4) is 0 Å². The fourth-order valence-corrected chi connectivity index (χ4v) is 5.64. The van der Waals surface area contributed by atoms with Gasteiger partial charge in [0.2, 0.25) is 5.91 Å². The molecule has 0 radical (unpaired) electrons. The summed E-state index contributed by atoms with van der Waals surface area (Å²) in [7, 11) is 0. The first-order valence-corrected chi connectivity index (χ1v) is 11.8. The number of piperidine rings is 2. The predicted molar refractivity (Wildman–Crippen MR) is 119 cm³/mol. The van der Waals surface area contributed by atoms with Crippen LogP contribution in [0.4, 0.5) is 5.69 Å². The van der Waals surface area contributed by atoms with Gasteiger partial charge in [-0.25, -0.2) is 0 Å². The first-order chi connectivity index (χ1) is 14.9. The van der Waals surface area contributed by atoms with E-state index in [4.69, 9.17) is 16.3 Å². The number of amides is 2. The maximum absolute atomic E-state index is 12.8. The molecule has 7 nitrogen and oxygen atoms in total. The number of nitrogens with one attached hydrogen (secondary N) is 2. The minimum Gasteiger partial charge on any atom is -0.370 e. The molecule has 0 saturated carbocycles. The Hall–Kier alpha value is -1.83. The standard InChI is InChI=1S/C23H31ClN4O3/c1-16-4-8-27(9-5-16)13-20(29)28-10-6-22(7-11-28)14-23(15-31-22)25-19-3-2-17(24)12-18(19)21(30)26-23/h2-3,12,16,25H,4-11,13-15H2,1H3,(H,26,30). The average molecular weight is 447 g/mol. The van der Waals surface area contributed by atoms with E-state index in [1.54, 1.807) is 12.1 Å². The van der Waals surface area contributed by atoms with Gasteiger partial charge in [0, 0.05) is 30.2 Å². The van der Waals surface area contributed by atoms with E-state index in [1.807, 2.05) is 11.0 Å². The van der Waals surface area contributed by atoms with Crippen LogP contribution in [0.5, 0.6) is 0 Å². The average Bonchev–Trinajstić information content (AvgIpc) is 3.08. The number of likely N-dealkylation sites (tertiary alicyclic amines) is 2. The number of benzene rings is 1. The number of ether oxygens (including phenoxy) is 1. The molecule has 1 aromatic rings. The largest absolute Gasteiger partial charge is 0.370 e. The Balaban J connectivity index is 1.19. The summed E-state index contributed by atoms with van der Waals surface area (Å²) in [5.74, 6) is 0.873. The zero-order valence-electron chi connectivity index (χ0n) is 18.1. The van der Waals surface area contributed by atoms with Crippen LogP contribution in [0.15, 0.2) is 18.2 Å². The van der Waals surface area contributed by atoms with Gasteiger partial charge >= 0.3 is 0 Å². The zero-order valence-corrected chi connectivity index (χ0v) is 18.8. The van der Waals surface area contributed by atoms with Crippen molar-refractivity contribution >= 4 is 29.1 Å². The van der Waals surface area contributed by atoms with Crippen LogP contribution in [0.1, 0.15) is 49.4 Å². The normalized spacial score (nSPS) is 28.5. The van der Waals surface area contributed by atoms with Gasteiger partial charge in [-0.3, -0.25) is 14.5 Å². The van der Waals surface area contributed by atoms with Gasteiger partial charge in [0.15, 0.2) is 0 Å². The van der Waals surface area contributed by atoms with E-state index >= 15 is 0 Å². The van der Waals surface area contributed by atoms with Crippen LogP contribution in [0.25, 0.3) is 0 Å². The second-order valence-electron chi connectivity index (χ2n) is 9.84. The topological polar surface area (TPSA) is 73.9 Å². The van der Waals surface area contributed by atoms with Gasteiger partial charge in [0.25, 0.3) is 5.91 Å². The summed E-state index contributed by atoms with van der Waals surface area (Å²) in [5, 5.41) is 7.15. The lowest BCUT2D eigenvalue weighted by molar-refractivity contribution is -0.137. The van der Waals surface area contributed by atoms with Crippen LogP contribution in [0.2, 0.25) is 5.02 Å². The maximum atomic E-state index is 12.8. The number of hydrogen-bond donors (Lipinski definition) is 2. The molecule has 4 heterocycles. The third kappa shape index (κ3) is 4.15. The second kappa shape index (κ2) is 7.94. The highest BCUT2D eigenvalue weighted by molar-refractivity contribution is 6.31. The first kappa shape index (κ1) is 21.0. The minimum atomic E-state index is -0.603. The molecule has 1 unspecified atom stereocenters. The highest BCUT2D eigenvalue weighted by atomic mass is 35.5. The molecule has 5 rings (SSSR count). The molecule has 0 bridgehead atoms. The van der Waals surface area contributed by atoms with Crippen molar-refractivity contribution in [1.29, 1.82) is 0 Å². The van der Waals surface area contributed by atoms with Crippen LogP contribution < -0.4 is 10.6 Å². The third-order valence-corrected chi connectivity index (χ3v) is 7.70. The zero-order chi connectivity index (χ0) is 21.6. The molecule has 1 atom stereocenters. The van der Waals surface area contributed by atoms with E-state index in [-0.39, 0.29) is 17.4 Å². The number of nitrogens with zero attached hydrogens (tertiary/aromatic N) is 2. The SMILES string of the molecule is CC1CCN(CC(=O)N2CCC3(CC2)CC2(CO3)NC(=O)c3cc(Cl)ccc3N2)CC1.